The lowest BCUT2D eigenvalue weighted by molar-refractivity contribution is 0.471. The summed E-state index contributed by atoms with van der Waals surface area (Å²) < 4.78 is 0. The number of hydrogen-bond donors (Lipinski definition) is 2. The minimum Gasteiger partial charge on any atom is -0.508 e. The summed E-state index contributed by atoms with van der Waals surface area (Å²) in [6.45, 7) is 6.89. The van der Waals surface area contributed by atoms with Crippen LogP contribution in [0.3, 0.4) is 0 Å². The van der Waals surface area contributed by atoms with Gasteiger partial charge >= 0.3 is 0 Å². The first-order chi connectivity index (χ1) is 8.08. The molecule has 2 rings (SSSR count). The van der Waals surface area contributed by atoms with Gasteiger partial charge in [0.05, 0.1) is 0 Å². The predicted octanol–water partition coefficient (Wildman–Crippen LogP) is 3.99. The number of rotatable bonds is 3. The normalized spacial score (nSPS) is 10.5. The van der Waals surface area contributed by atoms with Crippen molar-refractivity contribution in [2.45, 2.75) is 27.3 Å². The van der Waals surface area contributed by atoms with Crippen molar-refractivity contribution in [2.75, 3.05) is 5.32 Å². The average Bonchev–Trinajstić information content (AvgIpc) is 2.68. The summed E-state index contributed by atoms with van der Waals surface area (Å²) >= 11 is 1.77. The molecule has 1 heterocycles. The second-order valence-corrected chi connectivity index (χ2v) is 5.33. The van der Waals surface area contributed by atoms with Crippen molar-refractivity contribution in [1.82, 2.24) is 0 Å². The molecule has 2 aromatic rings. The van der Waals surface area contributed by atoms with Gasteiger partial charge in [0, 0.05) is 17.1 Å². The maximum absolute atomic E-state index is 9.60. The van der Waals surface area contributed by atoms with E-state index in [4.69, 9.17) is 0 Å². The molecular weight excluding hydrogens is 230 g/mol. The molecule has 1 aromatic carbocycles. The molecular formula is C14H17NOS. The Labute approximate surface area is 106 Å². The van der Waals surface area contributed by atoms with Crippen molar-refractivity contribution in [2.24, 2.45) is 0 Å². The maximum atomic E-state index is 9.60. The number of benzene rings is 1. The van der Waals surface area contributed by atoms with Crippen molar-refractivity contribution < 1.29 is 5.11 Å². The lowest BCUT2D eigenvalue weighted by atomic mass is 10.1. The number of aromatic hydroxyl groups is 1. The van der Waals surface area contributed by atoms with Gasteiger partial charge in [0.15, 0.2) is 0 Å². The molecule has 0 spiro atoms. The van der Waals surface area contributed by atoms with Gasteiger partial charge in [-0.2, -0.15) is 0 Å². The van der Waals surface area contributed by atoms with E-state index in [1.165, 1.54) is 10.4 Å². The zero-order valence-electron chi connectivity index (χ0n) is 10.4. The molecule has 0 radical (unpaired) electrons. The minimum atomic E-state index is 0.361. The van der Waals surface area contributed by atoms with Crippen molar-refractivity contribution in [3.63, 3.8) is 0 Å². The van der Waals surface area contributed by atoms with Gasteiger partial charge in [-0.1, -0.05) is 0 Å². The van der Waals surface area contributed by atoms with Crippen LogP contribution in [0.4, 0.5) is 5.69 Å². The molecule has 0 aliphatic carbocycles. The molecule has 0 fully saturated rings. The smallest absolute Gasteiger partial charge is 0.118 e. The molecule has 0 saturated heterocycles. The maximum Gasteiger partial charge on any atom is 0.118 e. The number of aryl methyl sites for hydroxylation is 3. The van der Waals surface area contributed by atoms with Gasteiger partial charge in [-0.05, 0) is 61.0 Å². The van der Waals surface area contributed by atoms with Gasteiger partial charge in [-0.25, -0.2) is 0 Å². The molecule has 0 amide bonds. The SMILES string of the molecule is Cc1cc(NCc2sccc2C)c(C)cc1O. The van der Waals surface area contributed by atoms with E-state index < -0.39 is 0 Å². The molecule has 0 atom stereocenters. The Morgan fingerprint density at radius 2 is 1.88 bits per heavy atom. The largest absolute Gasteiger partial charge is 0.508 e. The molecule has 0 bridgehead atoms. The van der Waals surface area contributed by atoms with E-state index in [0.29, 0.717) is 5.75 Å². The molecule has 17 heavy (non-hydrogen) atoms. The predicted molar refractivity (Wildman–Crippen MR) is 74.0 cm³/mol. The van der Waals surface area contributed by atoms with E-state index in [2.05, 4.69) is 23.7 Å². The first-order valence-corrected chi connectivity index (χ1v) is 6.53. The van der Waals surface area contributed by atoms with Crippen molar-refractivity contribution in [3.05, 3.63) is 45.1 Å². The molecule has 0 aliphatic heterocycles. The minimum absolute atomic E-state index is 0.361. The van der Waals surface area contributed by atoms with Crippen molar-refractivity contribution in [3.8, 4) is 5.75 Å². The van der Waals surface area contributed by atoms with Crippen LogP contribution in [0.1, 0.15) is 21.6 Å². The number of anilines is 1. The molecule has 90 valence electrons. The third kappa shape index (κ3) is 2.61. The van der Waals surface area contributed by atoms with Crippen molar-refractivity contribution in [1.29, 1.82) is 0 Å². The Balaban J connectivity index is 2.14. The van der Waals surface area contributed by atoms with Gasteiger partial charge in [-0.15, -0.1) is 11.3 Å². The molecule has 0 unspecified atom stereocenters. The fraction of sp³-hybridized carbons (Fsp3) is 0.286. The van der Waals surface area contributed by atoms with Crippen LogP contribution in [0.2, 0.25) is 0 Å². The van der Waals surface area contributed by atoms with E-state index in [9.17, 15) is 5.11 Å². The summed E-state index contributed by atoms with van der Waals surface area (Å²) in [6.07, 6.45) is 0. The second kappa shape index (κ2) is 4.80. The number of phenols is 1. The van der Waals surface area contributed by atoms with Gasteiger partial charge < -0.3 is 10.4 Å². The molecule has 1 aromatic heterocycles. The lowest BCUT2D eigenvalue weighted by Crippen LogP contribution is -2.01. The van der Waals surface area contributed by atoms with E-state index in [0.717, 1.165) is 23.4 Å². The highest BCUT2D eigenvalue weighted by Crippen LogP contribution is 2.26. The quantitative estimate of drug-likeness (QED) is 0.804. The summed E-state index contributed by atoms with van der Waals surface area (Å²) in [6, 6.07) is 5.93. The van der Waals surface area contributed by atoms with Gasteiger partial charge in [0.1, 0.15) is 5.75 Å². The van der Waals surface area contributed by atoms with E-state index in [-0.39, 0.29) is 0 Å². The van der Waals surface area contributed by atoms with Gasteiger partial charge in [0.2, 0.25) is 0 Å². The van der Waals surface area contributed by atoms with Crippen LogP contribution in [-0.2, 0) is 6.54 Å². The number of nitrogens with one attached hydrogen (secondary N) is 1. The zero-order chi connectivity index (χ0) is 12.4. The summed E-state index contributed by atoms with van der Waals surface area (Å²) in [5.74, 6) is 0.361. The van der Waals surface area contributed by atoms with Crippen molar-refractivity contribution >= 4 is 17.0 Å². The summed E-state index contributed by atoms with van der Waals surface area (Å²) in [5, 5.41) is 15.1. The molecule has 0 aliphatic rings. The van der Waals surface area contributed by atoms with Crippen LogP contribution in [0, 0.1) is 20.8 Å². The second-order valence-electron chi connectivity index (χ2n) is 4.33. The van der Waals surface area contributed by atoms with Crippen LogP contribution in [0.15, 0.2) is 23.6 Å². The average molecular weight is 247 g/mol. The van der Waals surface area contributed by atoms with Crippen LogP contribution in [0.25, 0.3) is 0 Å². The Bertz CT molecular complexity index is 531. The van der Waals surface area contributed by atoms with Crippen LogP contribution in [-0.4, -0.2) is 5.11 Å². The molecule has 0 saturated carbocycles. The van der Waals surface area contributed by atoms with Crippen LogP contribution < -0.4 is 5.32 Å². The summed E-state index contributed by atoms with van der Waals surface area (Å²) in [4.78, 5) is 1.36. The third-order valence-corrected chi connectivity index (χ3v) is 3.97. The third-order valence-electron chi connectivity index (χ3n) is 2.95. The number of hydrogen-bond acceptors (Lipinski definition) is 3. The van der Waals surface area contributed by atoms with Gasteiger partial charge in [-0.3, -0.25) is 0 Å². The topological polar surface area (TPSA) is 32.3 Å². The Morgan fingerprint density at radius 3 is 2.53 bits per heavy atom. The highest BCUT2D eigenvalue weighted by Gasteiger charge is 2.04. The molecule has 3 heteroatoms. The van der Waals surface area contributed by atoms with Gasteiger partial charge in [0.25, 0.3) is 0 Å². The first-order valence-electron chi connectivity index (χ1n) is 5.65. The molecule has 2 nitrogen and oxygen atoms in total. The first kappa shape index (κ1) is 12.0. The Kier molecular flexibility index (Phi) is 3.38. The summed E-state index contributed by atoms with van der Waals surface area (Å²) in [5.41, 5.74) is 4.40. The fourth-order valence-electron chi connectivity index (χ4n) is 1.75. The van der Waals surface area contributed by atoms with Crippen LogP contribution >= 0.6 is 11.3 Å². The summed E-state index contributed by atoms with van der Waals surface area (Å²) in [7, 11) is 0. The highest BCUT2D eigenvalue weighted by atomic mass is 32.1. The standard InChI is InChI=1S/C14H17NOS/c1-9-4-5-17-14(9)8-15-12-6-11(3)13(16)7-10(12)2/h4-7,15-16H,8H2,1-3H3. The Hall–Kier alpha value is -1.48. The highest BCUT2D eigenvalue weighted by molar-refractivity contribution is 7.10. The number of thiophene rings is 1. The molecule has 2 N–H and O–H groups in total. The van der Waals surface area contributed by atoms with E-state index in [1.807, 2.05) is 19.9 Å². The lowest BCUT2D eigenvalue weighted by Gasteiger charge is -2.11. The number of phenolic OH excluding ortho intramolecular Hbond substituents is 1. The monoisotopic (exact) mass is 247 g/mol. The fourth-order valence-corrected chi connectivity index (χ4v) is 2.60. The van der Waals surface area contributed by atoms with E-state index >= 15 is 0 Å². The Morgan fingerprint density at radius 1 is 1.12 bits per heavy atom. The van der Waals surface area contributed by atoms with E-state index in [1.54, 1.807) is 17.4 Å². The zero-order valence-corrected chi connectivity index (χ0v) is 11.2. The van der Waals surface area contributed by atoms with Crippen LogP contribution in [0.5, 0.6) is 5.75 Å².